The van der Waals surface area contributed by atoms with E-state index in [1.54, 1.807) is 0 Å². The van der Waals surface area contributed by atoms with Crippen molar-refractivity contribution < 1.29 is 9.53 Å². The van der Waals surface area contributed by atoms with E-state index >= 15 is 0 Å². The van der Waals surface area contributed by atoms with Crippen LogP contribution in [0.5, 0.6) is 5.75 Å². The first-order valence-corrected chi connectivity index (χ1v) is 9.68. The molecule has 1 unspecified atom stereocenters. The van der Waals surface area contributed by atoms with Crippen molar-refractivity contribution >= 4 is 23.2 Å². The third-order valence-corrected chi connectivity index (χ3v) is 5.20. The average molecular weight is 393 g/mol. The van der Waals surface area contributed by atoms with Gasteiger partial charge in [-0.3, -0.25) is 4.79 Å². The zero-order valence-electron chi connectivity index (χ0n) is 15.6. The highest BCUT2D eigenvalue weighted by Gasteiger charge is 2.37. The average Bonchev–Trinajstić information content (AvgIpc) is 2.97. The van der Waals surface area contributed by atoms with E-state index in [9.17, 15) is 4.79 Å². The summed E-state index contributed by atoms with van der Waals surface area (Å²) in [7, 11) is 0. The molecule has 142 valence electrons. The van der Waals surface area contributed by atoms with Gasteiger partial charge in [-0.05, 0) is 36.8 Å². The lowest BCUT2D eigenvalue weighted by Gasteiger charge is -2.28. The summed E-state index contributed by atoms with van der Waals surface area (Å²) in [6.07, 6.45) is -0.304. The van der Waals surface area contributed by atoms with Crippen molar-refractivity contribution in [1.82, 2.24) is 4.90 Å². The first-order chi connectivity index (χ1) is 13.7. The largest absolute Gasteiger partial charge is 0.492 e. The molecule has 4 nitrogen and oxygen atoms in total. The number of para-hydroxylation sites is 2. The molecule has 28 heavy (non-hydrogen) atoms. The summed E-state index contributed by atoms with van der Waals surface area (Å²) < 4.78 is 5.75. The van der Waals surface area contributed by atoms with Crippen LogP contribution in [0.25, 0.3) is 0 Å². The van der Waals surface area contributed by atoms with Crippen LogP contribution in [0.15, 0.2) is 72.8 Å². The zero-order chi connectivity index (χ0) is 19.5. The van der Waals surface area contributed by atoms with Gasteiger partial charge in [0.1, 0.15) is 11.9 Å². The number of nitrogens with one attached hydrogen (secondary N) is 1. The van der Waals surface area contributed by atoms with Gasteiger partial charge in [-0.15, -0.1) is 0 Å². The molecule has 1 N–H and O–H groups in total. The van der Waals surface area contributed by atoms with E-state index in [4.69, 9.17) is 16.3 Å². The number of benzene rings is 3. The molecule has 3 aromatic rings. The Morgan fingerprint density at radius 1 is 1.00 bits per heavy atom. The van der Waals surface area contributed by atoms with E-state index in [1.807, 2.05) is 84.6 Å². The molecule has 0 bridgehead atoms. The number of fused-ring (bicyclic) bond motifs is 1. The smallest absolute Gasteiger partial charge is 0.256 e. The van der Waals surface area contributed by atoms with Gasteiger partial charge in [-0.2, -0.15) is 0 Å². The summed E-state index contributed by atoms with van der Waals surface area (Å²) in [5.41, 5.74) is 3.42. The second-order valence-corrected chi connectivity index (χ2v) is 6.99. The van der Waals surface area contributed by atoms with E-state index in [1.165, 1.54) is 0 Å². The molecule has 1 atom stereocenters. The molecule has 4 rings (SSSR count). The molecular weight excluding hydrogens is 372 g/mol. The predicted molar refractivity (Wildman–Crippen MR) is 112 cm³/mol. The normalized spacial score (nSPS) is 15.4. The van der Waals surface area contributed by atoms with E-state index in [0.29, 0.717) is 23.7 Å². The molecule has 1 aliphatic rings. The number of anilines is 1. The second-order valence-electron chi connectivity index (χ2n) is 6.59. The van der Waals surface area contributed by atoms with Crippen molar-refractivity contribution in [1.29, 1.82) is 0 Å². The van der Waals surface area contributed by atoms with Crippen LogP contribution in [0.2, 0.25) is 5.02 Å². The maximum Gasteiger partial charge on any atom is 0.256 e. The van der Waals surface area contributed by atoms with E-state index < -0.39 is 0 Å². The minimum Gasteiger partial charge on any atom is -0.492 e. The Morgan fingerprint density at radius 2 is 1.71 bits per heavy atom. The molecule has 0 radical (unpaired) electrons. The number of hydrogen-bond donors (Lipinski definition) is 1. The Morgan fingerprint density at radius 3 is 2.54 bits per heavy atom. The Balaban J connectivity index is 1.71. The number of halogens is 1. The summed E-state index contributed by atoms with van der Waals surface area (Å²) in [5, 5.41) is 4.16. The van der Waals surface area contributed by atoms with Crippen LogP contribution in [0.4, 0.5) is 5.69 Å². The second kappa shape index (κ2) is 7.95. The summed E-state index contributed by atoms with van der Waals surface area (Å²) >= 11 is 6.36. The lowest BCUT2D eigenvalue weighted by atomic mass is 10.1. The van der Waals surface area contributed by atoms with Gasteiger partial charge < -0.3 is 15.0 Å². The molecule has 0 fully saturated rings. The summed E-state index contributed by atoms with van der Waals surface area (Å²) in [4.78, 5) is 14.9. The van der Waals surface area contributed by atoms with Crippen molar-refractivity contribution in [2.24, 2.45) is 0 Å². The topological polar surface area (TPSA) is 41.6 Å². The number of carbonyl (C=O) groups is 1. The molecule has 0 saturated carbocycles. The first kappa shape index (κ1) is 18.4. The summed E-state index contributed by atoms with van der Waals surface area (Å²) in [5.74, 6) is 0.751. The van der Waals surface area contributed by atoms with Gasteiger partial charge in [0.25, 0.3) is 5.91 Å². The molecule has 0 spiro atoms. The Kier molecular flexibility index (Phi) is 5.22. The van der Waals surface area contributed by atoms with Crippen molar-refractivity contribution in [3.8, 4) is 5.75 Å². The minimum atomic E-state index is -0.304. The van der Waals surface area contributed by atoms with E-state index in [0.717, 1.165) is 22.6 Å². The third-order valence-electron chi connectivity index (χ3n) is 4.84. The number of rotatable bonds is 6. The van der Waals surface area contributed by atoms with Crippen LogP contribution in [0, 0.1) is 0 Å². The third kappa shape index (κ3) is 3.43. The van der Waals surface area contributed by atoms with Gasteiger partial charge in [-0.25, -0.2) is 0 Å². The molecular formula is C23H21ClN2O2. The van der Waals surface area contributed by atoms with E-state index in [2.05, 4.69) is 5.32 Å². The number of hydrogen-bond acceptors (Lipinski definition) is 3. The fourth-order valence-electron chi connectivity index (χ4n) is 3.51. The minimum absolute atomic E-state index is 0.0121. The highest BCUT2D eigenvalue weighted by atomic mass is 35.5. The Hall–Kier alpha value is -2.98. The maximum absolute atomic E-state index is 13.1. The molecule has 0 saturated heterocycles. The molecule has 1 heterocycles. The Labute approximate surface area is 169 Å². The first-order valence-electron chi connectivity index (χ1n) is 9.30. The van der Waals surface area contributed by atoms with Gasteiger partial charge >= 0.3 is 0 Å². The highest BCUT2D eigenvalue weighted by molar-refractivity contribution is 6.31. The van der Waals surface area contributed by atoms with E-state index in [-0.39, 0.29) is 12.1 Å². The van der Waals surface area contributed by atoms with Crippen LogP contribution < -0.4 is 10.1 Å². The standard InChI is InChI=1S/C23H21ClN2O2/c1-2-28-21-14-8-7-13-20(21)25-22-17-10-4-5-11-18(17)23(27)26(22)15-16-9-3-6-12-19(16)24/h3-14,22,25H,2,15H2,1H3. The van der Waals surface area contributed by atoms with Crippen LogP contribution in [-0.4, -0.2) is 17.4 Å². The number of amides is 1. The maximum atomic E-state index is 13.1. The molecule has 0 aromatic heterocycles. The monoisotopic (exact) mass is 392 g/mol. The molecule has 1 amide bonds. The van der Waals surface area contributed by atoms with Gasteiger partial charge in [0.15, 0.2) is 0 Å². The van der Waals surface area contributed by atoms with Gasteiger partial charge in [0.05, 0.1) is 12.3 Å². The molecule has 3 aromatic carbocycles. The highest BCUT2D eigenvalue weighted by Crippen LogP contribution is 2.38. The molecule has 1 aliphatic heterocycles. The predicted octanol–water partition coefficient (Wildman–Crippen LogP) is 5.51. The number of carbonyl (C=O) groups excluding carboxylic acids is 1. The van der Waals surface area contributed by atoms with Crippen molar-refractivity contribution in [3.05, 3.63) is 94.5 Å². The van der Waals surface area contributed by atoms with Gasteiger partial charge in [0, 0.05) is 22.7 Å². The van der Waals surface area contributed by atoms with Gasteiger partial charge in [0.2, 0.25) is 0 Å². The van der Waals surface area contributed by atoms with Crippen LogP contribution >= 0.6 is 11.6 Å². The summed E-state index contributed by atoms with van der Waals surface area (Å²) in [6, 6.07) is 23.1. The van der Waals surface area contributed by atoms with Crippen LogP contribution in [0.1, 0.15) is 34.6 Å². The zero-order valence-corrected chi connectivity index (χ0v) is 16.3. The quantitative estimate of drug-likeness (QED) is 0.601. The SMILES string of the molecule is CCOc1ccccc1NC1c2ccccc2C(=O)N1Cc1ccccc1Cl. The van der Waals surface area contributed by atoms with Crippen LogP contribution in [-0.2, 0) is 6.54 Å². The lowest BCUT2D eigenvalue weighted by Crippen LogP contribution is -2.32. The number of ether oxygens (including phenoxy) is 1. The van der Waals surface area contributed by atoms with Crippen molar-refractivity contribution in [3.63, 3.8) is 0 Å². The fraction of sp³-hybridized carbons (Fsp3) is 0.174. The number of nitrogens with zero attached hydrogens (tertiary/aromatic N) is 1. The van der Waals surface area contributed by atoms with Crippen molar-refractivity contribution in [2.75, 3.05) is 11.9 Å². The fourth-order valence-corrected chi connectivity index (χ4v) is 3.71. The van der Waals surface area contributed by atoms with Crippen molar-refractivity contribution in [2.45, 2.75) is 19.6 Å². The molecule has 5 heteroatoms. The van der Waals surface area contributed by atoms with Crippen LogP contribution in [0.3, 0.4) is 0 Å². The molecule has 0 aliphatic carbocycles. The lowest BCUT2D eigenvalue weighted by molar-refractivity contribution is 0.0728. The summed E-state index contributed by atoms with van der Waals surface area (Å²) in [6.45, 7) is 2.94. The Bertz CT molecular complexity index is 1010. The van der Waals surface area contributed by atoms with Gasteiger partial charge in [-0.1, -0.05) is 60.1 Å².